The van der Waals surface area contributed by atoms with E-state index in [-0.39, 0.29) is 25.4 Å². The van der Waals surface area contributed by atoms with Crippen molar-refractivity contribution in [3.05, 3.63) is 0 Å². The van der Waals surface area contributed by atoms with E-state index < -0.39 is 0 Å². The molecule has 0 unspecified atom stereocenters. The van der Waals surface area contributed by atoms with Crippen molar-refractivity contribution in [3.63, 3.8) is 0 Å². The van der Waals surface area contributed by atoms with Crippen LogP contribution in [0.5, 0.6) is 0 Å². The second kappa shape index (κ2) is 9.29. The Bertz CT molecular complexity index is 254. The van der Waals surface area contributed by atoms with Crippen molar-refractivity contribution in [2.24, 2.45) is 11.8 Å². The lowest BCUT2D eigenvalue weighted by Gasteiger charge is -2.23. The molecule has 1 N–H and O–H groups in total. The van der Waals surface area contributed by atoms with Gasteiger partial charge in [-0.2, -0.15) is 5.26 Å². The van der Waals surface area contributed by atoms with Crippen molar-refractivity contribution in [2.75, 3.05) is 33.7 Å². The van der Waals surface area contributed by atoms with Crippen molar-refractivity contribution < 1.29 is 19.3 Å². The van der Waals surface area contributed by atoms with E-state index in [0.717, 1.165) is 12.8 Å². The van der Waals surface area contributed by atoms with Gasteiger partial charge in [-0.05, 0) is 31.1 Å². The SMILES string of the molecule is COCCOCO[C@@H]1CC[C@H](CC#N)[C@@H]1CCO. The molecule has 0 aromatic rings. The van der Waals surface area contributed by atoms with Crippen LogP contribution in [0.2, 0.25) is 0 Å². The Morgan fingerprint density at radius 3 is 2.83 bits per heavy atom. The fraction of sp³-hybridized carbons (Fsp3) is 0.923. The summed E-state index contributed by atoms with van der Waals surface area (Å²) in [4.78, 5) is 0. The average molecular weight is 257 g/mol. The number of rotatable bonds is 9. The van der Waals surface area contributed by atoms with Gasteiger partial charge in [0.1, 0.15) is 6.79 Å². The van der Waals surface area contributed by atoms with Crippen LogP contribution < -0.4 is 0 Å². The molecule has 1 aliphatic carbocycles. The minimum atomic E-state index is 0.109. The minimum Gasteiger partial charge on any atom is -0.396 e. The highest BCUT2D eigenvalue weighted by Crippen LogP contribution is 2.38. The molecule has 104 valence electrons. The summed E-state index contributed by atoms with van der Waals surface area (Å²) in [7, 11) is 1.63. The molecule has 5 heteroatoms. The van der Waals surface area contributed by atoms with E-state index in [4.69, 9.17) is 24.6 Å². The van der Waals surface area contributed by atoms with Gasteiger partial charge in [0, 0.05) is 20.1 Å². The van der Waals surface area contributed by atoms with Crippen LogP contribution in [0, 0.1) is 23.2 Å². The largest absolute Gasteiger partial charge is 0.396 e. The highest BCUT2D eigenvalue weighted by molar-refractivity contribution is 4.90. The molecule has 0 heterocycles. The predicted octanol–water partition coefficient (Wildman–Crippen LogP) is 1.31. The zero-order chi connectivity index (χ0) is 13.2. The number of methoxy groups -OCH3 is 1. The van der Waals surface area contributed by atoms with Gasteiger partial charge in [-0.3, -0.25) is 0 Å². The van der Waals surface area contributed by atoms with Crippen LogP contribution in [0.3, 0.4) is 0 Å². The second-order valence-corrected chi connectivity index (χ2v) is 4.60. The molecule has 0 aromatic carbocycles. The molecule has 0 radical (unpaired) electrons. The quantitative estimate of drug-likeness (QED) is 0.498. The van der Waals surface area contributed by atoms with Gasteiger partial charge in [-0.15, -0.1) is 0 Å². The summed E-state index contributed by atoms with van der Waals surface area (Å²) in [6.45, 7) is 1.49. The molecule has 3 atom stereocenters. The Morgan fingerprint density at radius 1 is 1.33 bits per heavy atom. The van der Waals surface area contributed by atoms with Crippen LogP contribution in [-0.4, -0.2) is 44.9 Å². The molecule has 0 spiro atoms. The molecule has 5 nitrogen and oxygen atoms in total. The van der Waals surface area contributed by atoms with Gasteiger partial charge in [0.05, 0.1) is 25.4 Å². The number of aliphatic hydroxyl groups is 1. The summed E-state index contributed by atoms with van der Waals surface area (Å²) in [5, 5.41) is 17.9. The first-order valence-electron chi connectivity index (χ1n) is 6.49. The maximum atomic E-state index is 9.09. The number of nitriles is 1. The highest BCUT2D eigenvalue weighted by Gasteiger charge is 2.36. The van der Waals surface area contributed by atoms with Crippen molar-refractivity contribution in [1.29, 1.82) is 5.26 Å². The first-order chi connectivity index (χ1) is 8.83. The summed E-state index contributed by atoms with van der Waals surface area (Å²) < 4.78 is 15.8. The van der Waals surface area contributed by atoms with Gasteiger partial charge in [0.25, 0.3) is 0 Å². The molecule has 0 aliphatic heterocycles. The molecule has 0 amide bonds. The number of hydrogen-bond acceptors (Lipinski definition) is 5. The Balaban J connectivity index is 2.28. The third-order valence-electron chi connectivity index (χ3n) is 3.52. The smallest absolute Gasteiger partial charge is 0.147 e. The summed E-state index contributed by atoms with van der Waals surface area (Å²) >= 11 is 0. The lowest BCUT2D eigenvalue weighted by molar-refractivity contribution is -0.111. The van der Waals surface area contributed by atoms with E-state index in [1.807, 2.05) is 0 Å². The molecular weight excluding hydrogens is 234 g/mol. The topological polar surface area (TPSA) is 71.7 Å². The summed E-state index contributed by atoms with van der Waals surface area (Å²) in [5.74, 6) is 0.631. The van der Waals surface area contributed by atoms with Gasteiger partial charge in [0.15, 0.2) is 0 Å². The summed E-state index contributed by atoms with van der Waals surface area (Å²) in [6, 6.07) is 2.22. The molecular formula is C13H23NO4. The molecule has 1 saturated carbocycles. The van der Waals surface area contributed by atoms with Gasteiger partial charge in [-0.1, -0.05) is 0 Å². The van der Waals surface area contributed by atoms with E-state index in [1.54, 1.807) is 7.11 Å². The van der Waals surface area contributed by atoms with E-state index in [9.17, 15) is 0 Å². The molecule has 0 bridgehead atoms. The van der Waals surface area contributed by atoms with Gasteiger partial charge >= 0.3 is 0 Å². The maximum Gasteiger partial charge on any atom is 0.147 e. The molecule has 1 aliphatic rings. The summed E-state index contributed by atoms with van der Waals surface area (Å²) in [5.41, 5.74) is 0. The zero-order valence-electron chi connectivity index (χ0n) is 11.0. The molecule has 1 rings (SSSR count). The van der Waals surface area contributed by atoms with E-state index >= 15 is 0 Å². The third-order valence-corrected chi connectivity index (χ3v) is 3.52. The lowest BCUT2D eigenvalue weighted by atomic mass is 9.90. The number of nitrogens with zero attached hydrogens (tertiary/aromatic N) is 1. The Hall–Kier alpha value is -0.670. The molecule has 18 heavy (non-hydrogen) atoms. The Kier molecular flexibility index (Phi) is 7.94. The van der Waals surface area contributed by atoms with Crippen molar-refractivity contribution in [2.45, 2.75) is 31.8 Å². The lowest BCUT2D eigenvalue weighted by Crippen LogP contribution is -2.25. The highest BCUT2D eigenvalue weighted by atomic mass is 16.7. The van der Waals surface area contributed by atoms with E-state index in [0.29, 0.717) is 32.0 Å². The molecule has 1 fully saturated rings. The fourth-order valence-corrected chi connectivity index (χ4v) is 2.60. The standard InChI is InChI=1S/C13H23NO4/c1-16-8-9-17-10-18-13-3-2-11(4-6-14)12(13)5-7-15/h11-13,15H,2-5,7-10H2,1H3/t11-,12+,13-/m1/s1. The number of aliphatic hydroxyl groups excluding tert-OH is 1. The summed E-state index contributed by atoms with van der Waals surface area (Å²) in [6.07, 6.45) is 3.31. The van der Waals surface area contributed by atoms with Gasteiger partial charge in [-0.25, -0.2) is 0 Å². The van der Waals surface area contributed by atoms with Crippen LogP contribution in [0.1, 0.15) is 25.7 Å². The van der Waals surface area contributed by atoms with Crippen molar-refractivity contribution in [1.82, 2.24) is 0 Å². The van der Waals surface area contributed by atoms with Crippen molar-refractivity contribution >= 4 is 0 Å². The first-order valence-corrected chi connectivity index (χ1v) is 6.49. The van der Waals surface area contributed by atoms with Crippen LogP contribution in [0.25, 0.3) is 0 Å². The van der Waals surface area contributed by atoms with Crippen LogP contribution >= 0.6 is 0 Å². The van der Waals surface area contributed by atoms with Crippen LogP contribution in [0.4, 0.5) is 0 Å². The van der Waals surface area contributed by atoms with E-state index in [1.165, 1.54) is 0 Å². The van der Waals surface area contributed by atoms with Crippen molar-refractivity contribution in [3.8, 4) is 6.07 Å². The zero-order valence-corrected chi connectivity index (χ0v) is 11.0. The first kappa shape index (κ1) is 15.4. The van der Waals surface area contributed by atoms with Gasteiger partial charge in [0.2, 0.25) is 0 Å². The third kappa shape index (κ3) is 4.91. The predicted molar refractivity (Wildman–Crippen MR) is 65.7 cm³/mol. The number of hydrogen-bond donors (Lipinski definition) is 1. The number of ether oxygens (including phenoxy) is 3. The molecule has 0 saturated heterocycles. The van der Waals surface area contributed by atoms with Crippen LogP contribution in [0.15, 0.2) is 0 Å². The van der Waals surface area contributed by atoms with Crippen LogP contribution in [-0.2, 0) is 14.2 Å². The van der Waals surface area contributed by atoms with E-state index in [2.05, 4.69) is 6.07 Å². The minimum absolute atomic E-state index is 0.109. The molecule has 0 aromatic heterocycles. The fourth-order valence-electron chi connectivity index (χ4n) is 2.60. The normalized spacial score (nSPS) is 27.3. The maximum absolute atomic E-state index is 9.09. The monoisotopic (exact) mass is 257 g/mol. The van der Waals surface area contributed by atoms with Gasteiger partial charge < -0.3 is 19.3 Å². The average Bonchev–Trinajstić information content (AvgIpc) is 2.73. The second-order valence-electron chi connectivity index (χ2n) is 4.60. The Morgan fingerprint density at radius 2 is 2.17 bits per heavy atom. The Labute approximate surface area is 109 Å².